The summed E-state index contributed by atoms with van der Waals surface area (Å²) in [5.41, 5.74) is 0.412. The minimum Gasteiger partial charge on any atom is -0.380 e. The molecule has 0 atom stereocenters. The first-order chi connectivity index (χ1) is 9.50. The van der Waals surface area contributed by atoms with Crippen LogP contribution in [0.2, 0.25) is 0 Å². The van der Waals surface area contributed by atoms with Crippen LogP contribution < -0.4 is 5.32 Å². The Bertz CT molecular complexity index is 564. The molecular formula is C15H14F3NS. The predicted molar refractivity (Wildman–Crippen MR) is 77.0 cm³/mol. The van der Waals surface area contributed by atoms with Gasteiger partial charge in [0.05, 0.1) is 5.56 Å². The summed E-state index contributed by atoms with van der Waals surface area (Å²) in [6.45, 7) is 0.363. The lowest BCUT2D eigenvalue weighted by Crippen LogP contribution is -2.10. The van der Waals surface area contributed by atoms with E-state index in [1.807, 2.05) is 30.5 Å². The van der Waals surface area contributed by atoms with Crippen LogP contribution in [0.15, 0.2) is 53.4 Å². The zero-order valence-corrected chi connectivity index (χ0v) is 11.7. The third-order valence-electron chi connectivity index (χ3n) is 2.87. The average Bonchev–Trinajstić information content (AvgIpc) is 2.45. The monoisotopic (exact) mass is 297 g/mol. The van der Waals surface area contributed by atoms with E-state index >= 15 is 0 Å². The summed E-state index contributed by atoms with van der Waals surface area (Å²) in [6.07, 6.45) is -2.36. The summed E-state index contributed by atoms with van der Waals surface area (Å²) < 4.78 is 38.5. The molecule has 20 heavy (non-hydrogen) atoms. The van der Waals surface area contributed by atoms with Crippen LogP contribution in [0, 0.1) is 0 Å². The number of rotatable bonds is 4. The van der Waals surface area contributed by atoms with E-state index in [4.69, 9.17) is 0 Å². The highest BCUT2D eigenvalue weighted by Crippen LogP contribution is 2.34. The van der Waals surface area contributed by atoms with Crippen molar-refractivity contribution in [3.63, 3.8) is 0 Å². The van der Waals surface area contributed by atoms with Crippen LogP contribution in [0.4, 0.5) is 18.9 Å². The van der Waals surface area contributed by atoms with Crippen LogP contribution in [-0.2, 0) is 12.7 Å². The molecule has 0 radical (unpaired) electrons. The van der Waals surface area contributed by atoms with Crippen LogP contribution in [0.25, 0.3) is 0 Å². The second kappa shape index (κ2) is 6.22. The van der Waals surface area contributed by atoms with Crippen molar-refractivity contribution in [3.05, 3.63) is 59.7 Å². The number of hydrogen-bond donors (Lipinski definition) is 1. The number of anilines is 1. The molecule has 2 rings (SSSR count). The first-order valence-corrected chi connectivity index (χ1v) is 7.26. The smallest absolute Gasteiger partial charge is 0.380 e. The van der Waals surface area contributed by atoms with E-state index in [9.17, 15) is 13.2 Å². The van der Waals surface area contributed by atoms with Crippen molar-refractivity contribution in [2.24, 2.45) is 0 Å². The number of nitrogens with one attached hydrogen (secondary N) is 1. The normalized spacial score (nSPS) is 11.4. The van der Waals surface area contributed by atoms with E-state index in [1.165, 1.54) is 12.1 Å². The number of alkyl halides is 3. The molecule has 2 aromatic rings. The van der Waals surface area contributed by atoms with E-state index in [0.29, 0.717) is 6.54 Å². The van der Waals surface area contributed by atoms with E-state index < -0.39 is 11.7 Å². The molecule has 1 nitrogen and oxygen atoms in total. The molecule has 0 amide bonds. The molecule has 106 valence electrons. The molecule has 2 aromatic carbocycles. The number of benzene rings is 2. The van der Waals surface area contributed by atoms with Crippen molar-refractivity contribution in [3.8, 4) is 0 Å². The highest BCUT2D eigenvalue weighted by atomic mass is 32.2. The molecule has 0 aliphatic rings. The molecule has 0 aliphatic heterocycles. The van der Waals surface area contributed by atoms with Gasteiger partial charge < -0.3 is 5.32 Å². The second-order valence-electron chi connectivity index (χ2n) is 4.24. The van der Waals surface area contributed by atoms with E-state index in [1.54, 1.807) is 17.8 Å². The zero-order valence-electron chi connectivity index (χ0n) is 10.9. The first-order valence-electron chi connectivity index (χ1n) is 6.04. The molecule has 1 N–H and O–H groups in total. The Morgan fingerprint density at radius 2 is 1.65 bits per heavy atom. The van der Waals surface area contributed by atoms with Gasteiger partial charge in [-0.25, -0.2) is 0 Å². The minimum absolute atomic E-state index is 0.106. The SMILES string of the molecule is CSc1ccc(CNc2ccccc2C(F)(F)F)cc1. The molecule has 0 heterocycles. The van der Waals surface area contributed by atoms with Gasteiger partial charge in [0.2, 0.25) is 0 Å². The summed E-state index contributed by atoms with van der Waals surface area (Å²) in [6, 6.07) is 13.2. The lowest BCUT2D eigenvalue weighted by Gasteiger charge is -2.14. The van der Waals surface area contributed by atoms with Crippen molar-refractivity contribution in [1.29, 1.82) is 0 Å². The second-order valence-corrected chi connectivity index (χ2v) is 5.12. The third kappa shape index (κ3) is 3.70. The van der Waals surface area contributed by atoms with Crippen molar-refractivity contribution < 1.29 is 13.2 Å². The molecule has 0 aliphatic carbocycles. The first kappa shape index (κ1) is 14.8. The summed E-state index contributed by atoms with van der Waals surface area (Å²) in [4.78, 5) is 1.13. The van der Waals surface area contributed by atoms with Crippen molar-refractivity contribution in [1.82, 2.24) is 0 Å². The molecule has 0 unspecified atom stereocenters. The summed E-state index contributed by atoms with van der Waals surface area (Å²) in [5, 5.41) is 2.85. The number of halogens is 3. The van der Waals surface area contributed by atoms with E-state index in [0.717, 1.165) is 16.5 Å². The molecule has 0 bridgehead atoms. The minimum atomic E-state index is -4.34. The maximum atomic E-state index is 12.8. The summed E-state index contributed by atoms with van der Waals surface area (Å²) in [5.74, 6) is 0. The fourth-order valence-electron chi connectivity index (χ4n) is 1.83. The van der Waals surface area contributed by atoms with Crippen LogP contribution in [0.1, 0.15) is 11.1 Å². The van der Waals surface area contributed by atoms with Gasteiger partial charge in [-0.2, -0.15) is 13.2 Å². The molecule has 0 saturated carbocycles. The molecule has 0 fully saturated rings. The highest BCUT2D eigenvalue weighted by molar-refractivity contribution is 7.98. The number of para-hydroxylation sites is 1. The molecule has 0 saturated heterocycles. The summed E-state index contributed by atoms with van der Waals surface area (Å²) >= 11 is 1.63. The molecule has 5 heteroatoms. The van der Waals surface area contributed by atoms with Gasteiger partial charge >= 0.3 is 6.18 Å². The average molecular weight is 297 g/mol. The van der Waals surface area contributed by atoms with Gasteiger partial charge in [0.25, 0.3) is 0 Å². The standard InChI is InChI=1S/C15H14F3NS/c1-20-12-8-6-11(7-9-12)10-19-14-5-3-2-4-13(14)15(16,17)18/h2-9,19H,10H2,1H3. The maximum absolute atomic E-state index is 12.8. The predicted octanol–water partition coefficient (Wildman–Crippen LogP) is 5.04. The maximum Gasteiger partial charge on any atom is 0.418 e. The van der Waals surface area contributed by atoms with Crippen LogP contribution in [0.5, 0.6) is 0 Å². The van der Waals surface area contributed by atoms with Gasteiger partial charge in [-0.1, -0.05) is 24.3 Å². The quantitative estimate of drug-likeness (QED) is 0.793. The van der Waals surface area contributed by atoms with Gasteiger partial charge in [0.1, 0.15) is 0 Å². The van der Waals surface area contributed by atoms with Gasteiger partial charge in [-0.05, 0) is 36.1 Å². The molecular weight excluding hydrogens is 283 g/mol. The lowest BCUT2D eigenvalue weighted by molar-refractivity contribution is -0.136. The van der Waals surface area contributed by atoms with Crippen LogP contribution >= 0.6 is 11.8 Å². The van der Waals surface area contributed by atoms with Crippen LogP contribution in [0.3, 0.4) is 0 Å². The topological polar surface area (TPSA) is 12.0 Å². The lowest BCUT2D eigenvalue weighted by atomic mass is 10.1. The van der Waals surface area contributed by atoms with Gasteiger partial charge in [0, 0.05) is 17.1 Å². The van der Waals surface area contributed by atoms with Crippen molar-refractivity contribution >= 4 is 17.4 Å². The highest BCUT2D eigenvalue weighted by Gasteiger charge is 2.32. The third-order valence-corrected chi connectivity index (χ3v) is 3.62. The Morgan fingerprint density at radius 1 is 1.00 bits per heavy atom. The Hall–Kier alpha value is -1.62. The van der Waals surface area contributed by atoms with E-state index in [2.05, 4.69) is 5.32 Å². The van der Waals surface area contributed by atoms with Gasteiger partial charge in [-0.15, -0.1) is 11.8 Å². The van der Waals surface area contributed by atoms with Gasteiger partial charge in [0.15, 0.2) is 0 Å². The van der Waals surface area contributed by atoms with E-state index in [-0.39, 0.29) is 5.69 Å². The molecule has 0 spiro atoms. The Balaban J connectivity index is 2.10. The van der Waals surface area contributed by atoms with Crippen molar-refractivity contribution in [2.45, 2.75) is 17.6 Å². The van der Waals surface area contributed by atoms with Crippen LogP contribution in [-0.4, -0.2) is 6.26 Å². The Kier molecular flexibility index (Phi) is 4.60. The Morgan fingerprint density at radius 3 is 2.25 bits per heavy atom. The zero-order chi connectivity index (χ0) is 14.6. The Labute approximate surface area is 120 Å². The largest absolute Gasteiger partial charge is 0.418 e. The van der Waals surface area contributed by atoms with Crippen molar-refractivity contribution in [2.75, 3.05) is 11.6 Å². The molecule has 0 aromatic heterocycles. The summed E-state index contributed by atoms with van der Waals surface area (Å²) in [7, 11) is 0. The van der Waals surface area contributed by atoms with Gasteiger partial charge in [-0.3, -0.25) is 0 Å². The fourth-order valence-corrected chi connectivity index (χ4v) is 2.23. The fraction of sp³-hybridized carbons (Fsp3) is 0.200. The number of thioether (sulfide) groups is 1. The number of hydrogen-bond acceptors (Lipinski definition) is 2.